The SMILES string of the molecule is CC1CCCN(Cc2ccc(CNC(=O)NCCCC(=O)O)cc2)C1. The van der Waals surface area contributed by atoms with E-state index in [1.54, 1.807) is 0 Å². The Morgan fingerprint density at radius 2 is 1.92 bits per heavy atom. The number of carboxylic acid groups (broad SMARTS) is 1. The highest BCUT2D eigenvalue weighted by Gasteiger charge is 2.16. The summed E-state index contributed by atoms with van der Waals surface area (Å²) in [6, 6.07) is 8.08. The highest BCUT2D eigenvalue weighted by Crippen LogP contribution is 2.18. The van der Waals surface area contributed by atoms with Crippen LogP contribution in [0.4, 0.5) is 4.79 Å². The molecule has 0 bridgehead atoms. The van der Waals surface area contributed by atoms with Crippen LogP contribution in [0.3, 0.4) is 0 Å². The monoisotopic (exact) mass is 347 g/mol. The Balaban J connectivity index is 1.67. The summed E-state index contributed by atoms with van der Waals surface area (Å²) in [5.41, 5.74) is 2.35. The molecule has 1 heterocycles. The number of carboxylic acids is 1. The zero-order valence-corrected chi connectivity index (χ0v) is 15.0. The number of likely N-dealkylation sites (tertiary alicyclic amines) is 1. The summed E-state index contributed by atoms with van der Waals surface area (Å²) in [5, 5.41) is 14.0. The number of piperidine rings is 1. The molecular weight excluding hydrogens is 318 g/mol. The van der Waals surface area contributed by atoms with Crippen LogP contribution in [-0.4, -0.2) is 41.6 Å². The molecule has 25 heavy (non-hydrogen) atoms. The van der Waals surface area contributed by atoms with E-state index in [1.165, 1.54) is 31.5 Å². The number of carbonyl (C=O) groups excluding carboxylic acids is 1. The number of aliphatic carboxylic acids is 1. The lowest BCUT2D eigenvalue weighted by Gasteiger charge is -2.30. The largest absolute Gasteiger partial charge is 0.481 e. The van der Waals surface area contributed by atoms with Gasteiger partial charge in [0.2, 0.25) is 0 Å². The fourth-order valence-electron chi connectivity index (χ4n) is 3.14. The summed E-state index contributed by atoms with van der Waals surface area (Å²) in [5.74, 6) is -0.0625. The topological polar surface area (TPSA) is 81.7 Å². The van der Waals surface area contributed by atoms with Gasteiger partial charge < -0.3 is 15.7 Å². The second kappa shape index (κ2) is 10.0. The van der Waals surface area contributed by atoms with Crippen molar-refractivity contribution >= 4 is 12.0 Å². The normalized spacial score (nSPS) is 17.9. The van der Waals surface area contributed by atoms with Crippen LogP contribution in [0.5, 0.6) is 0 Å². The van der Waals surface area contributed by atoms with Crippen LogP contribution in [0, 0.1) is 5.92 Å². The molecule has 1 aliphatic rings. The van der Waals surface area contributed by atoms with Crippen molar-refractivity contribution in [1.29, 1.82) is 0 Å². The molecule has 1 unspecified atom stereocenters. The van der Waals surface area contributed by atoms with Crippen molar-refractivity contribution in [2.75, 3.05) is 19.6 Å². The molecule has 0 aliphatic carbocycles. The van der Waals surface area contributed by atoms with Gasteiger partial charge in [0.25, 0.3) is 0 Å². The Morgan fingerprint density at radius 3 is 2.60 bits per heavy atom. The Hall–Kier alpha value is -2.08. The summed E-state index contributed by atoms with van der Waals surface area (Å²) in [4.78, 5) is 24.5. The number of carbonyl (C=O) groups is 2. The van der Waals surface area contributed by atoms with E-state index in [0.29, 0.717) is 19.5 Å². The molecule has 0 aromatic heterocycles. The van der Waals surface area contributed by atoms with Gasteiger partial charge in [-0.3, -0.25) is 9.69 Å². The van der Waals surface area contributed by atoms with Crippen molar-refractivity contribution < 1.29 is 14.7 Å². The molecule has 1 aliphatic heterocycles. The third kappa shape index (κ3) is 7.56. The average molecular weight is 347 g/mol. The Morgan fingerprint density at radius 1 is 1.20 bits per heavy atom. The molecule has 0 radical (unpaired) electrons. The Labute approximate surface area is 149 Å². The van der Waals surface area contributed by atoms with Gasteiger partial charge in [-0.25, -0.2) is 4.79 Å². The minimum atomic E-state index is -0.846. The molecule has 1 fully saturated rings. The van der Waals surface area contributed by atoms with Gasteiger partial charge in [-0.2, -0.15) is 0 Å². The second-order valence-corrected chi connectivity index (χ2v) is 6.91. The number of nitrogens with zero attached hydrogens (tertiary/aromatic N) is 1. The molecule has 1 saturated heterocycles. The number of nitrogens with one attached hydrogen (secondary N) is 2. The first-order valence-corrected chi connectivity index (χ1v) is 9.06. The van der Waals surface area contributed by atoms with E-state index < -0.39 is 5.97 Å². The number of hydrogen-bond donors (Lipinski definition) is 3. The van der Waals surface area contributed by atoms with Gasteiger partial charge >= 0.3 is 12.0 Å². The number of amides is 2. The van der Waals surface area contributed by atoms with E-state index in [4.69, 9.17) is 5.11 Å². The van der Waals surface area contributed by atoms with Gasteiger partial charge in [0.05, 0.1) is 0 Å². The number of urea groups is 1. The Bertz CT molecular complexity index is 560. The van der Waals surface area contributed by atoms with Gasteiger partial charge in [-0.1, -0.05) is 31.2 Å². The standard InChI is InChI=1S/C19H29N3O3/c1-15-4-3-11-22(13-15)14-17-8-6-16(7-9-17)12-21-19(25)20-10-2-5-18(23)24/h6-9,15H,2-5,10-14H2,1H3,(H,23,24)(H2,20,21,25). The van der Waals surface area contributed by atoms with E-state index in [9.17, 15) is 9.59 Å². The second-order valence-electron chi connectivity index (χ2n) is 6.91. The Kier molecular flexibility index (Phi) is 7.73. The first-order chi connectivity index (χ1) is 12.0. The molecule has 1 aromatic carbocycles. The van der Waals surface area contributed by atoms with Gasteiger partial charge in [0.15, 0.2) is 0 Å². The van der Waals surface area contributed by atoms with Gasteiger partial charge in [-0.05, 0) is 42.9 Å². The van der Waals surface area contributed by atoms with Crippen LogP contribution < -0.4 is 10.6 Å². The van der Waals surface area contributed by atoms with E-state index in [0.717, 1.165) is 18.0 Å². The smallest absolute Gasteiger partial charge is 0.315 e. The molecule has 2 rings (SSSR count). The highest BCUT2D eigenvalue weighted by atomic mass is 16.4. The van der Waals surface area contributed by atoms with Gasteiger partial charge in [-0.15, -0.1) is 0 Å². The van der Waals surface area contributed by atoms with Crippen molar-refractivity contribution in [2.24, 2.45) is 5.92 Å². The van der Waals surface area contributed by atoms with Crippen LogP contribution in [-0.2, 0) is 17.9 Å². The summed E-state index contributed by atoms with van der Waals surface area (Å²) in [6.07, 6.45) is 3.12. The fraction of sp³-hybridized carbons (Fsp3) is 0.579. The van der Waals surface area contributed by atoms with Crippen molar-refractivity contribution in [1.82, 2.24) is 15.5 Å². The first-order valence-electron chi connectivity index (χ1n) is 9.06. The number of rotatable bonds is 8. The maximum absolute atomic E-state index is 11.6. The minimum absolute atomic E-state index is 0.0670. The average Bonchev–Trinajstić information content (AvgIpc) is 2.58. The number of hydrogen-bond acceptors (Lipinski definition) is 3. The van der Waals surface area contributed by atoms with Crippen LogP contribution in [0.1, 0.15) is 43.7 Å². The van der Waals surface area contributed by atoms with E-state index in [2.05, 4.69) is 34.6 Å². The molecule has 3 N–H and O–H groups in total. The van der Waals surface area contributed by atoms with Crippen LogP contribution in [0.2, 0.25) is 0 Å². The lowest BCUT2D eigenvalue weighted by Crippen LogP contribution is -2.35. The quantitative estimate of drug-likeness (QED) is 0.631. The fourth-order valence-corrected chi connectivity index (χ4v) is 3.14. The van der Waals surface area contributed by atoms with Crippen molar-refractivity contribution in [3.05, 3.63) is 35.4 Å². The first kappa shape index (κ1) is 19.2. The van der Waals surface area contributed by atoms with Crippen molar-refractivity contribution in [2.45, 2.75) is 45.7 Å². The minimum Gasteiger partial charge on any atom is -0.481 e. The zero-order valence-electron chi connectivity index (χ0n) is 15.0. The van der Waals surface area contributed by atoms with Crippen LogP contribution in [0.25, 0.3) is 0 Å². The molecule has 0 spiro atoms. The lowest BCUT2D eigenvalue weighted by molar-refractivity contribution is -0.137. The summed E-state index contributed by atoms with van der Waals surface area (Å²) in [6.45, 7) is 6.48. The molecule has 138 valence electrons. The summed E-state index contributed by atoms with van der Waals surface area (Å²) < 4.78 is 0. The van der Waals surface area contributed by atoms with Crippen molar-refractivity contribution in [3.63, 3.8) is 0 Å². The maximum Gasteiger partial charge on any atom is 0.315 e. The van der Waals surface area contributed by atoms with Crippen LogP contribution >= 0.6 is 0 Å². The lowest BCUT2D eigenvalue weighted by atomic mass is 9.99. The molecule has 2 amide bonds. The third-order valence-electron chi connectivity index (χ3n) is 4.48. The molecule has 6 heteroatoms. The predicted octanol–water partition coefficient (Wildman–Crippen LogP) is 2.58. The molecule has 1 atom stereocenters. The van der Waals surface area contributed by atoms with Gasteiger partial charge in [0.1, 0.15) is 0 Å². The van der Waals surface area contributed by atoms with E-state index >= 15 is 0 Å². The molecule has 1 aromatic rings. The zero-order chi connectivity index (χ0) is 18.1. The highest BCUT2D eigenvalue weighted by molar-refractivity contribution is 5.73. The predicted molar refractivity (Wildman–Crippen MR) is 97.2 cm³/mol. The molecular formula is C19H29N3O3. The van der Waals surface area contributed by atoms with Crippen molar-refractivity contribution in [3.8, 4) is 0 Å². The molecule has 6 nitrogen and oxygen atoms in total. The van der Waals surface area contributed by atoms with Gasteiger partial charge in [0, 0.05) is 32.6 Å². The summed E-state index contributed by atoms with van der Waals surface area (Å²) in [7, 11) is 0. The third-order valence-corrected chi connectivity index (χ3v) is 4.48. The molecule has 0 saturated carbocycles. The number of benzene rings is 1. The van der Waals surface area contributed by atoms with E-state index in [-0.39, 0.29) is 12.5 Å². The van der Waals surface area contributed by atoms with Crippen LogP contribution in [0.15, 0.2) is 24.3 Å². The summed E-state index contributed by atoms with van der Waals surface area (Å²) >= 11 is 0. The maximum atomic E-state index is 11.6. The van der Waals surface area contributed by atoms with E-state index in [1.807, 2.05) is 12.1 Å².